The minimum absolute atomic E-state index is 0.889. The van der Waals surface area contributed by atoms with Crippen LogP contribution in [0, 0.1) is 0 Å². The summed E-state index contributed by atoms with van der Waals surface area (Å²) in [7, 11) is 0. The highest BCUT2D eigenvalue weighted by molar-refractivity contribution is 6.17. The Hall–Kier alpha value is -7.62. The first-order chi connectivity index (χ1) is 28.3. The second kappa shape index (κ2) is 13.6. The van der Waals surface area contributed by atoms with Crippen LogP contribution < -0.4 is 4.90 Å². The van der Waals surface area contributed by atoms with E-state index in [9.17, 15) is 0 Å². The van der Waals surface area contributed by atoms with Crippen molar-refractivity contribution in [3.8, 4) is 39.1 Å². The van der Waals surface area contributed by atoms with Gasteiger partial charge in [0.2, 0.25) is 0 Å². The van der Waals surface area contributed by atoms with E-state index >= 15 is 0 Å². The van der Waals surface area contributed by atoms with Gasteiger partial charge in [0.05, 0.1) is 22.4 Å². The van der Waals surface area contributed by atoms with E-state index in [1.165, 1.54) is 27.5 Å². The fraction of sp³-hybridized carbons (Fsp3) is 0. The summed E-state index contributed by atoms with van der Waals surface area (Å²) in [5.74, 6) is 0. The third-order valence-corrected chi connectivity index (χ3v) is 11.2. The molecule has 268 valence electrons. The van der Waals surface area contributed by atoms with E-state index in [2.05, 4.69) is 222 Å². The van der Waals surface area contributed by atoms with E-state index in [1.54, 1.807) is 0 Å². The van der Waals surface area contributed by atoms with Crippen LogP contribution in [0.4, 0.5) is 17.1 Å². The smallest absolute Gasteiger partial charge is 0.143 e. The number of furan rings is 1. The lowest BCUT2D eigenvalue weighted by Crippen LogP contribution is -2.10. The van der Waals surface area contributed by atoms with Crippen LogP contribution in [0.3, 0.4) is 0 Å². The Bertz CT molecular complexity index is 3220. The van der Waals surface area contributed by atoms with Crippen molar-refractivity contribution in [1.82, 2.24) is 4.57 Å². The summed E-state index contributed by atoms with van der Waals surface area (Å²) in [5.41, 5.74) is 15.3. The molecule has 2 heterocycles. The molecule has 57 heavy (non-hydrogen) atoms. The summed E-state index contributed by atoms with van der Waals surface area (Å²) >= 11 is 0. The van der Waals surface area contributed by atoms with Crippen LogP contribution >= 0.6 is 0 Å². The predicted octanol–water partition coefficient (Wildman–Crippen LogP) is 15.2. The van der Waals surface area contributed by atoms with Crippen LogP contribution in [0.1, 0.15) is 0 Å². The third-order valence-electron chi connectivity index (χ3n) is 11.2. The van der Waals surface area contributed by atoms with Crippen molar-refractivity contribution in [2.75, 3.05) is 4.90 Å². The van der Waals surface area contributed by atoms with Gasteiger partial charge in [0.1, 0.15) is 11.2 Å². The summed E-state index contributed by atoms with van der Waals surface area (Å²) in [5, 5.41) is 4.60. The molecule has 3 heteroatoms. The molecule has 0 fully saturated rings. The van der Waals surface area contributed by atoms with Gasteiger partial charge in [0.25, 0.3) is 0 Å². The van der Waals surface area contributed by atoms with E-state index in [0.29, 0.717) is 0 Å². The predicted molar refractivity (Wildman–Crippen MR) is 239 cm³/mol. The number of benzene rings is 9. The lowest BCUT2D eigenvalue weighted by Gasteiger charge is -2.26. The van der Waals surface area contributed by atoms with Gasteiger partial charge < -0.3 is 13.9 Å². The van der Waals surface area contributed by atoms with E-state index < -0.39 is 0 Å². The monoisotopic (exact) mass is 728 g/mol. The molecule has 0 aliphatic carbocycles. The fourth-order valence-electron chi connectivity index (χ4n) is 8.60. The quantitative estimate of drug-likeness (QED) is 0.163. The van der Waals surface area contributed by atoms with Gasteiger partial charge in [-0.2, -0.15) is 0 Å². The highest BCUT2D eigenvalue weighted by atomic mass is 16.3. The van der Waals surface area contributed by atoms with Crippen LogP contribution in [-0.2, 0) is 0 Å². The van der Waals surface area contributed by atoms with Crippen LogP contribution in [0.2, 0.25) is 0 Å². The highest BCUT2D eigenvalue weighted by Gasteiger charge is 2.23. The molecule has 9 aromatic carbocycles. The van der Waals surface area contributed by atoms with Crippen LogP contribution in [0.25, 0.3) is 82.8 Å². The zero-order chi connectivity index (χ0) is 37.7. The van der Waals surface area contributed by atoms with E-state index in [1.807, 2.05) is 6.07 Å². The van der Waals surface area contributed by atoms with Gasteiger partial charge in [-0.25, -0.2) is 0 Å². The van der Waals surface area contributed by atoms with Crippen molar-refractivity contribution >= 4 is 60.8 Å². The highest BCUT2D eigenvalue weighted by Crippen LogP contribution is 2.46. The molecule has 11 aromatic rings. The minimum Gasteiger partial charge on any atom is -0.455 e. The maximum atomic E-state index is 6.70. The SMILES string of the molecule is c1ccc(-c2ccc(N(c3ccccc3)c3cccc4c3c3ccccc3n4-c3ccc(-c4ccccc4)cc3-c3cccc4c3oc3ccccc34)cc2)cc1. The van der Waals surface area contributed by atoms with E-state index in [0.717, 1.165) is 72.4 Å². The molecule has 11 rings (SSSR count). The molecular weight excluding hydrogens is 693 g/mol. The molecule has 3 nitrogen and oxygen atoms in total. The summed E-state index contributed by atoms with van der Waals surface area (Å²) in [6, 6.07) is 78.1. The van der Waals surface area contributed by atoms with Gasteiger partial charge in [-0.3, -0.25) is 0 Å². The van der Waals surface area contributed by atoms with Crippen LogP contribution in [0.15, 0.2) is 223 Å². The number of hydrogen-bond donors (Lipinski definition) is 0. The van der Waals surface area contributed by atoms with Crippen molar-refractivity contribution in [3.05, 3.63) is 218 Å². The second-order valence-electron chi connectivity index (χ2n) is 14.5. The summed E-state index contributed by atoms with van der Waals surface area (Å²) in [6.07, 6.45) is 0. The van der Waals surface area contributed by atoms with Gasteiger partial charge in [0, 0.05) is 44.0 Å². The van der Waals surface area contributed by atoms with Gasteiger partial charge in [-0.1, -0.05) is 158 Å². The molecule has 0 saturated heterocycles. The molecule has 0 atom stereocenters. The minimum atomic E-state index is 0.889. The van der Waals surface area contributed by atoms with Crippen LogP contribution in [0.5, 0.6) is 0 Å². The van der Waals surface area contributed by atoms with E-state index in [-0.39, 0.29) is 0 Å². The van der Waals surface area contributed by atoms with Gasteiger partial charge in [-0.15, -0.1) is 0 Å². The molecule has 0 saturated carbocycles. The molecule has 0 amide bonds. The normalized spacial score (nSPS) is 11.5. The first-order valence-electron chi connectivity index (χ1n) is 19.4. The topological polar surface area (TPSA) is 21.3 Å². The average molecular weight is 729 g/mol. The zero-order valence-corrected chi connectivity index (χ0v) is 31.1. The maximum absolute atomic E-state index is 6.70. The Morgan fingerprint density at radius 2 is 0.930 bits per heavy atom. The number of hydrogen-bond acceptors (Lipinski definition) is 2. The van der Waals surface area contributed by atoms with Crippen LogP contribution in [-0.4, -0.2) is 4.57 Å². The number of nitrogens with zero attached hydrogens (tertiary/aromatic N) is 2. The Labute approximate surface area is 330 Å². The molecule has 0 aliphatic heterocycles. The van der Waals surface area contributed by atoms with Crippen molar-refractivity contribution < 1.29 is 4.42 Å². The fourth-order valence-corrected chi connectivity index (χ4v) is 8.60. The standard InChI is InChI=1S/C54H36N2O/c1-4-16-37(17-5-1)39-30-33-42(34-31-39)55(41-20-8-3-9-21-41)50-27-15-28-51-53(50)46-23-10-12-26-48(46)56(51)49-35-32-40(38-18-6-2-7-19-38)36-47(49)45-25-14-24-44-43-22-11-13-29-52(43)57-54(44)45/h1-36H. The van der Waals surface area contributed by atoms with Gasteiger partial charge in [-0.05, 0) is 82.9 Å². The second-order valence-corrected chi connectivity index (χ2v) is 14.5. The molecule has 0 aliphatic rings. The van der Waals surface area contributed by atoms with Gasteiger partial charge >= 0.3 is 0 Å². The first-order valence-corrected chi connectivity index (χ1v) is 19.4. The number of anilines is 3. The van der Waals surface area contributed by atoms with E-state index in [4.69, 9.17) is 4.42 Å². The summed E-state index contributed by atoms with van der Waals surface area (Å²) < 4.78 is 9.15. The number of fused-ring (bicyclic) bond motifs is 6. The lowest BCUT2D eigenvalue weighted by atomic mass is 9.95. The first kappa shape index (κ1) is 32.8. The maximum Gasteiger partial charge on any atom is 0.143 e. The third kappa shape index (κ3) is 5.51. The zero-order valence-electron chi connectivity index (χ0n) is 31.1. The van der Waals surface area contributed by atoms with Crippen molar-refractivity contribution in [1.29, 1.82) is 0 Å². The van der Waals surface area contributed by atoms with Gasteiger partial charge in [0.15, 0.2) is 0 Å². The molecule has 2 aromatic heterocycles. The Balaban J connectivity index is 1.18. The number of para-hydroxylation sites is 4. The summed E-state index contributed by atoms with van der Waals surface area (Å²) in [4.78, 5) is 2.39. The van der Waals surface area contributed by atoms with Crippen molar-refractivity contribution in [2.24, 2.45) is 0 Å². The Kier molecular flexibility index (Phi) is 7.82. The molecule has 0 unspecified atom stereocenters. The summed E-state index contributed by atoms with van der Waals surface area (Å²) in [6.45, 7) is 0. The molecule has 0 radical (unpaired) electrons. The molecule has 0 spiro atoms. The van der Waals surface area contributed by atoms with Crippen molar-refractivity contribution in [2.45, 2.75) is 0 Å². The lowest BCUT2D eigenvalue weighted by molar-refractivity contribution is 0.670. The molecule has 0 N–H and O–H groups in total. The Morgan fingerprint density at radius 1 is 0.368 bits per heavy atom. The largest absolute Gasteiger partial charge is 0.455 e. The molecule has 0 bridgehead atoms. The average Bonchev–Trinajstić information content (AvgIpc) is 3.84. The Morgan fingerprint density at radius 3 is 1.70 bits per heavy atom. The number of aromatic nitrogens is 1. The molecular formula is C54H36N2O. The number of rotatable bonds is 7. The van der Waals surface area contributed by atoms with Crippen molar-refractivity contribution in [3.63, 3.8) is 0 Å².